The van der Waals surface area contributed by atoms with Crippen molar-refractivity contribution in [3.8, 4) is 33.4 Å². The number of carbonyl (C=O) groups is 1. The van der Waals surface area contributed by atoms with Crippen LogP contribution < -0.4 is 16.0 Å². The first kappa shape index (κ1) is 61.3. The number of amides is 1. The van der Waals surface area contributed by atoms with Gasteiger partial charge in [-0.05, 0) is 86.8 Å². The van der Waals surface area contributed by atoms with Crippen molar-refractivity contribution in [3.63, 3.8) is 0 Å². The summed E-state index contributed by atoms with van der Waals surface area (Å²) >= 11 is 0. The van der Waals surface area contributed by atoms with E-state index in [0.717, 1.165) is 228 Å². The van der Waals surface area contributed by atoms with E-state index in [1.165, 1.54) is 0 Å². The smallest absolute Gasteiger partial charge is 0.410 e. The Morgan fingerprint density at radius 2 is 0.848 bits per heavy atom. The van der Waals surface area contributed by atoms with Gasteiger partial charge in [0.1, 0.15) is 59.0 Å². The third-order valence-corrected chi connectivity index (χ3v) is 16.9. The number of H-pyrrole nitrogens is 3. The SMILES string of the molecule is Cn1cc(-c2ccc3[nH]c4ncnc(NCCCN5CCOCC5)c4c3c2)cn1.Cn1cc(-c2ccc3[nH]c4ncnc(NCCN5CCN(C(=O)OC(C)(C)C)CC5)c4c3c2)cn1.Cn1cc(-c2ccc3[nH]c4ncnc(NCCN5CCOCC5)c4c3c2)cn1. The summed E-state index contributed by atoms with van der Waals surface area (Å²) in [5, 5.41) is 29.8. The Kier molecular flexibility index (Phi) is 18.3. The molecule has 0 bridgehead atoms. The van der Waals surface area contributed by atoms with Gasteiger partial charge in [0.25, 0.3) is 0 Å². The number of rotatable bonds is 16. The Morgan fingerprint density at radius 3 is 1.22 bits per heavy atom. The summed E-state index contributed by atoms with van der Waals surface area (Å²) in [7, 11) is 5.78. The van der Waals surface area contributed by atoms with Crippen LogP contribution in [0.3, 0.4) is 0 Å². The highest BCUT2D eigenvalue weighted by molar-refractivity contribution is 6.14. The monoisotopic (exact) mass is 1240 g/mol. The first-order chi connectivity index (χ1) is 44.8. The molecule has 3 aliphatic rings. The largest absolute Gasteiger partial charge is 0.444 e. The number of hydrogen-bond acceptors (Lipinski definition) is 19. The number of piperazine rings is 1. The number of carbonyl (C=O) groups excluding carboxylic acids is 1. The van der Waals surface area contributed by atoms with Crippen LogP contribution in [-0.2, 0) is 35.4 Å². The molecule has 3 aromatic carbocycles. The quantitative estimate of drug-likeness (QED) is 0.0496. The number of benzene rings is 3. The topological polar surface area (TPSA) is 272 Å². The van der Waals surface area contributed by atoms with Gasteiger partial charge < -0.3 is 50.0 Å². The van der Waals surface area contributed by atoms with Gasteiger partial charge in [-0.25, -0.2) is 34.7 Å². The molecule has 6 N–H and O–H groups in total. The summed E-state index contributed by atoms with van der Waals surface area (Å²) in [6.07, 6.45) is 17.3. The molecule has 3 aliphatic heterocycles. The number of nitrogens with zero attached hydrogens (tertiary/aromatic N) is 16. The fourth-order valence-corrected chi connectivity index (χ4v) is 12.1. The molecular formula is C66H80N22O4. The van der Waals surface area contributed by atoms with Crippen LogP contribution in [0.15, 0.2) is 111 Å². The van der Waals surface area contributed by atoms with Gasteiger partial charge in [-0.2, -0.15) is 15.3 Å². The predicted octanol–water partition coefficient (Wildman–Crippen LogP) is 8.38. The highest BCUT2D eigenvalue weighted by Crippen LogP contribution is 2.36. The number of anilines is 3. The minimum absolute atomic E-state index is 0.233. The molecule has 0 aliphatic carbocycles. The van der Waals surface area contributed by atoms with Crippen molar-refractivity contribution in [2.75, 3.05) is 134 Å². The zero-order chi connectivity index (χ0) is 63.1. The standard InChI is InChI=1S/C25H32N8O2.C21H25N7O.C20H23N7O/c1-25(2,3)35-24(34)33-11-9-32(10-12-33)8-7-26-22-21-19-13-17(18-14-29-31(4)15-18)5-6-20(19)30-23(21)28-16-27-22;1-27-13-16(12-25-27)15-3-4-18-17(11-15)19-20(23-14-24-21(19)26-18)22-5-2-6-28-7-9-29-10-8-28;1-26-12-15(11-24-26)14-2-3-17-16(10-14)18-19(22-13-23-20(18)25-17)21-4-5-27-6-8-28-9-7-27/h5-6,13-16H,7-12H2,1-4H3,(H2,26,27,28,30);3-4,11-14H,2,5-10H2,1H3,(H2,22,23,24,26);2-3,10-13H,4-9H2,1H3,(H2,21,22,23,25). The summed E-state index contributed by atoms with van der Waals surface area (Å²) in [4.78, 5) is 58.4. The normalized spacial score (nSPS) is 15.3. The van der Waals surface area contributed by atoms with Gasteiger partial charge in [-0.15, -0.1) is 0 Å². The Labute approximate surface area is 532 Å². The van der Waals surface area contributed by atoms with Gasteiger partial charge in [-0.1, -0.05) is 18.2 Å². The van der Waals surface area contributed by atoms with Crippen molar-refractivity contribution >= 4 is 89.4 Å². The van der Waals surface area contributed by atoms with Crippen molar-refractivity contribution in [2.45, 2.75) is 32.8 Å². The maximum atomic E-state index is 12.3. The lowest BCUT2D eigenvalue weighted by Crippen LogP contribution is -2.50. The number of aryl methyl sites for hydroxylation is 3. The number of nitrogens with one attached hydrogen (secondary N) is 6. The van der Waals surface area contributed by atoms with Crippen molar-refractivity contribution in [2.24, 2.45) is 21.1 Å². The number of aromatic amines is 3. The van der Waals surface area contributed by atoms with Crippen LogP contribution in [0.1, 0.15) is 27.2 Å². The first-order valence-corrected chi connectivity index (χ1v) is 31.6. The molecule has 0 unspecified atom stereocenters. The van der Waals surface area contributed by atoms with Crippen LogP contribution in [0.25, 0.3) is 99.2 Å². The second-order valence-electron chi connectivity index (χ2n) is 24.6. The molecule has 15 rings (SSSR count). The highest BCUT2D eigenvalue weighted by Gasteiger charge is 2.26. The lowest BCUT2D eigenvalue weighted by atomic mass is 10.1. The molecule has 3 fully saturated rings. The van der Waals surface area contributed by atoms with Gasteiger partial charge in [-0.3, -0.25) is 28.7 Å². The maximum absolute atomic E-state index is 12.3. The minimum atomic E-state index is -0.470. The van der Waals surface area contributed by atoms with E-state index in [9.17, 15) is 4.79 Å². The highest BCUT2D eigenvalue weighted by atomic mass is 16.6. The zero-order valence-electron chi connectivity index (χ0n) is 53.1. The molecule has 12 heterocycles. The molecule has 26 heteroatoms. The average Bonchev–Trinajstić information content (AvgIpc) is 1.75. The molecule has 0 radical (unpaired) electrons. The number of aromatic nitrogens is 15. The van der Waals surface area contributed by atoms with E-state index in [1.807, 2.05) is 88.5 Å². The number of hydrogen-bond donors (Lipinski definition) is 6. The Morgan fingerprint density at radius 1 is 0.478 bits per heavy atom. The molecule has 26 nitrogen and oxygen atoms in total. The lowest BCUT2D eigenvalue weighted by molar-refractivity contribution is 0.0148. The molecule has 1 amide bonds. The predicted molar refractivity (Wildman–Crippen MR) is 360 cm³/mol. The van der Waals surface area contributed by atoms with Crippen LogP contribution in [0.4, 0.5) is 22.2 Å². The van der Waals surface area contributed by atoms with Crippen molar-refractivity contribution < 1.29 is 19.0 Å². The number of ether oxygens (including phenoxy) is 3. The van der Waals surface area contributed by atoms with Crippen LogP contribution in [0, 0.1) is 0 Å². The lowest BCUT2D eigenvalue weighted by Gasteiger charge is -2.35. The minimum Gasteiger partial charge on any atom is -0.444 e. The average molecular weight is 1250 g/mol. The first-order valence-electron chi connectivity index (χ1n) is 31.6. The molecule has 0 saturated carbocycles. The fourth-order valence-electron chi connectivity index (χ4n) is 12.1. The Balaban J connectivity index is 0.000000127. The van der Waals surface area contributed by atoms with E-state index in [2.05, 4.69) is 145 Å². The number of morpholine rings is 2. The summed E-state index contributed by atoms with van der Waals surface area (Å²) in [5.74, 6) is 2.57. The zero-order valence-corrected chi connectivity index (χ0v) is 53.1. The molecule has 3 saturated heterocycles. The van der Waals surface area contributed by atoms with Gasteiger partial charge in [0.2, 0.25) is 0 Å². The Bertz CT molecular complexity index is 4480. The molecule has 9 aromatic heterocycles. The van der Waals surface area contributed by atoms with Crippen LogP contribution in [0.5, 0.6) is 0 Å². The molecular weight excluding hydrogens is 1160 g/mol. The maximum Gasteiger partial charge on any atom is 0.410 e. The Hall–Kier alpha value is -9.60. The summed E-state index contributed by atoms with van der Waals surface area (Å²) in [5.41, 5.74) is 11.8. The van der Waals surface area contributed by atoms with E-state index in [0.29, 0.717) is 13.1 Å². The summed E-state index contributed by atoms with van der Waals surface area (Å²) < 4.78 is 21.8. The van der Waals surface area contributed by atoms with E-state index in [4.69, 9.17) is 14.2 Å². The van der Waals surface area contributed by atoms with E-state index < -0.39 is 5.60 Å². The molecule has 92 heavy (non-hydrogen) atoms. The molecule has 0 atom stereocenters. The second kappa shape index (κ2) is 27.5. The molecule has 478 valence electrons. The van der Waals surface area contributed by atoms with Gasteiger partial charge in [0.05, 0.1) is 61.2 Å². The fraction of sp³-hybridized carbons (Fsp3) is 0.394. The van der Waals surface area contributed by atoms with Crippen LogP contribution >= 0.6 is 0 Å². The number of fused-ring (bicyclic) bond motifs is 9. The third kappa shape index (κ3) is 14.3. The van der Waals surface area contributed by atoms with Crippen LogP contribution in [0.2, 0.25) is 0 Å². The van der Waals surface area contributed by atoms with E-state index >= 15 is 0 Å². The van der Waals surface area contributed by atoms with E-state index in [1.54, 1.807) is 28.6 Å². The van der Waals surface area contributed by atoms with Gasteiger partial charge >= 0.3 is 6.09 Å². The van der Waals surface area contributed by atoms with E-state index in [-0.39, 0.29) is 6.09 Å². The summed E-state index contributed by atoms with van der Waals surface area (Å²) in [6.45, 7) is 21.4. The second-order valence-corrected chi connectivity index (χ2v) is 24.6. The van der Waals surface area contributed by atoms with Gasteiger partial charge in [0.15, 0.2) is 0 Å². The van der Waals surface area contributed by atoms with Crippen molar-refractivity contribution in [1.82, 2.24) is 93.8 Å². The van der Waals surface area contributed by atoms with Gasteiger partial charge in [0, 0.05) is 174 Å². The third-order valence-electron chi connectivity index (χ3n) is 16.9. The summed E-state index contributed by atoms with van der Waals surface area (Å²) in [6, 6.07) is 19.1. The molecule has 0 spiro atoms. The molecule has 12 aromatic rings. The van der Waals surface area contributed by atoms with Crippen LogP contribution in [-0.4, -0.2) is 224 Å². The van der Waals surface area contributed by atoms with Crippen molar-refractivity contribution in [3.05, 3.63) is 111 Å². The van der Waals surface area contributed by atoms with Crippen molar-refractivity contribution in [1.29, 1.82) is 0 Å².